The quantitative estimate of drug-likeness (QED) is 0.740. The molecule has 3 rings (SSSR count). The number of rotatable bonds is 5. The van der Waals surface area contributed by atoms with E-state index in [1.54, 1.807) is 41.9 Å². The minimum atomic E-state index is -3.66. The highest BCUT2D eigenvalue weighted by Gasteiger charge is 2.15. The number of aryl methyl sites for hydroxylation is 1. The summed E-state index contributed by atoms with van der Waals surface area (Å²) in [6.45, 7) is 4.25. The maximum absolute atomic E-state index is 12.6. The summed E-state index contributed by atoms with van der Waals surface area (Å²) in [4.78, 5) is 11.9. The number of benzene rings is 2. The molecule has 0 spiro atoms. The van der Waals surface area contributed by atoms with Crippen molar-refractivity contribution in [2.45, 2.75) is 25.2 Å². The van der Waals surface area contributed by atoms with Crippen molar-refractivity contribution in [1.29, 1.82) is 0 Å². The van der Waals surface area contributed by atoms with Gasteiger partial charge in [-0.2, -0.15) is 0 Å². The fraction of sp³-hybridized carbons (Fsp3) is 0.278. The number of thiazole rings is 1. The largest absolute Gasteiger partial charge is 0.307 e. The number of sulfonamides is 1. The molecule has 25 heavy (non-hydrogen) atoms. The van der Waals surface area contributed by atoms with E-state index in [-0.39, 0.29) is 9.77 Å². The standard InChI is InChI=1S/C18H20N2O3S2/c1-12(2)10-13-4-7-15(8-5-13)25(22,23)19-14-6-9-16-17(11-14)24-18(21)20(16)3/h4-9,11-12,19H,10H2,1-3H3. The third-order valence-corrected chi connectivity index (χ3v) is 6.31. The van der Waals surface area contributed by atoms with Crippen LogP contribution < -0.4 is 9.60 Å². The summed E-state index contributed by atoms with van der Waals surface area (Å²) in [6, 6.07) is 12.0. The second kappa shape index (κ2) is 6.65. The van der Waals surface area contributed by atoms with Gasteiger partial charge in [-0.1, -0.05) is 37.3 Å². The van der Waals surface area contributed by atoms with Gasteiger partial charge in [0.15, 0.2) is 0 Å². The van der Waals surface area contributed by atoms with E-state index in [0.717, 1.165) is 33.5 Å². The van der Waals surface area contributed by atoms with E-state index in [9.17, 15) is 13.2 Å². The number of nitrogens with zero attached hydrogens (tertiary/aromatic N) is 1. The predicted molar refractivity (Wildman–Crippen MR) is 103 cm³/mol. The Balaban J connectivity index is 1.87. The minimum Gasteiger partial charge on any atom is -0.302 e. The Labute approximate surface area is 151 Å². The first-order chi connectivity index (χ1) is 11.8. The van der Waals surface area contributed by atoms with Crippen molar-refractivity contribution in [1.82, 2.24) is 4.57 Å². The summed E-state index contributed by atoms with van der Waals surface area (Å²) >= 11 is 1.09. The number of aromatic nitrogens is 1. The van der Waals surface area contributed by atoms with Gasteiger partial charge >= 0.3 is 4.87 Å². The second-order valence-corrected chi connectivity index (χ2v) is 9.13. The Kier molecular flexibility index (Phi) is 4.71. The Morgan fingerprint density at radius 3 is 2.44 bits per heavy atom. The summed E-state index contributed by atoms with van der Waals surface area (Å²) in [7, 11) is -1.96. The Bertz CT molecular complexity index is 1060. The van der Waals surface area contributed by atoms with Crippen molar-refractivity contribution in [3.8, 4) is 0 Å². The first-order valence-corrected chi connectivity index (χ1v) is 10.3. The molecule has 0 aliphatic heterocycles. The van der Waals surface area contributed by atoms with Gasteiger partial charge in [-0.25, -0.2) is 8.42 Å². The lowest BCUT2D eigenvalue weighted by molar-refractivity contribution is 0.601. The molecule has 132 valence electrons. The van der Waals surface area contributed by atoms with E-state index < -0.39 is 10.0 Å². The number of hydrogen-bond donors (Lipinski definition) is 1. The van der Waals surface area contributed by atoms with E-state index in [2.05, 4.69) is 18.6 Å². The monoisotopic (exact) mass is 376 g/mol. The first-order valence-electron chi connectivity index (χ1n) is 7.97. The van der Waals surface area contributed by atoms with Gasteiger partial charge in [0.2, 0.25) is 0 Å². The van der Waals surface area contributed by atoms with Crippen molar-refractivity contribution < 1.29 is 8.42 Å². The molecule has 0 atom stereocenters. The normalized spacial score (nSPS) is 12.0. The molecule has 5 nitrogen and oxygen atoms in total. The molecule has 0 unspecified atom stereocenters. The van der Waals surface area contributed by atoms with Crippen LogP contribution in [0.15, 0.2) is 52.2 Å². The zero-order chi connectivity index (χ0) is 18.2. The third-order valence-electron chi connectivity index (χ3n) is 3.92. The van der Waals surface area contributed by atoms with Crippen LogP contribution in [0.3, 0.4) is 0 Å². The molecular formula is C18H20N2O3S2. The summed E-state index contributed by atoms with van der Waals surface area (Å²) in [6.07, 6.45) is 0.914. The molecule has 0 amide bonds. The molecule has 0 aliphatic rings. The van der Waals surface area contributed by atoms with Crippen molar-refractivity contribution in [3.05, 3.63) is 57.7 Å². The van der Waals surface area contributed by atoms with Crippen molar-refractivity contribution >= 4 is 37.3 Å². The van der Waals surface area contributed by atoms with Crippen LogP contribution in [0.25, 0.3) is 10.2 Å². The zero-order valence-corrected chi connectivity index (χ0v) is 15.9. The number of nitrogens with one attached hydrogen (secondary N) is 1. The van der Waals surface area contributed by atoms with E-state index in [4.69, 9.17) is 0 Å². The van der Waals surface area contributed by atoms with Crippen LogP contribution in [0, 0.1) is 5.92 Å². The van der Waals surface area contributed by atoms with Crippen LogP contribution in [0.2, 0.25) is 0 Å². The van der Waals surface area contributed by atoms with Gasteiger partial charge in [0.25, 0.3) is 10.0 Å². The van der Waals surface area contributed by atoms with Crippen molar-refractivity contribution in [2.75, 3.05) is 4.72 Å². The lowest BCUT2D eigenvalue weighted by Crippen LogP contribution is -2.13. The highest BCUT2D eigenvalue weighted by Crippen LogP contribution is 2.23. The molecule has 0 saturated carbocycles. The molecule has 3 aromatic rings. The molecular weight excluding hydrogens is 356 g/mol. The summed E-state index contributed by atoms with van der Waals surface area (Å²) in [5.41, 5.74) is 2.35. The van der Waals surface area contributed by atoms with Crippen molar-refractivity contribution in [2.24, 2.45) is 13.0 Å². The molecule has 1 aromatic heterocycles. The molecule has 0 aliphatic carbocycles. The Morgan fingerprint density at radius 2 is 1.80 bits per heavy atom. The van der Waals surface area contributed by atoms with Gasteiger partial charge in [0.05, 0.1) is 20.8 Å². The van der Waals surface area contributed by atoms with E-state index in [1.165, 1.54) is 0 Å². The Morgan fingerprint density at radius 1 is 1.12 bits per heavy atom. The fourth-order valence-electron chi connectivity index (χ4n) is 2.69. The van der Waals surface area contributed by atoms with E-state index >= 15 is 0 Å². The fourth-order valence-corrected chi connectivity index (χ4v) is 4.66. The van der Waals surface area contributed by atoms with Gasteiger partial charge in [-0.05, 0) is 48.2 Å². The van der Waals surface area contributed by atoms with Gasteiger partial charge in [-0.15, -0.1) is 0 Å². The smallest absolute Gasteiger partial charge is 0.302 e. The third kappa shape index (κ3) is 3.77. The average molecular weight is 377 g/mol. The van der Waals surface area contributed by atoms with Crippen LogP contribution in [-0.2, 0) is 23.5 Å². The Hall–Kier alpha value is -2.12. The molecule has 0 radical (unpaired) electrons. The summed E-state index contributed by atoms with van der Waals surface area (Å²) < 4.78 is 30.0. The van der Waals surface area contributed by atoms with Gasteiger partial charge < -0.3 is 4.57 Å². The lowest BCUT2D eigenvalue weighted by Gasteiger charge is -2.10. The zero-order valence-electron chi connectivity index (χ0n) is 14.3. The van der Waals surface area contributed by atoms with Crippen LogP contribution in [0.4, 0.5) is 5.69 Å². The number of anilines is 1. The second-order valence-electron chi connectivity index (χ2n) is 6.46. The number of fused-ring (bicyclic) bond motifs is 1. The highest BCUT2D eigenvalue weighted by molar-refractivity contribution is 7.92. The lowest BCUT2D eigenvalue weighted by atomic mass is 10.0. The number of hydrogen-bond acceptors (Lipinski definition) is 4. The van der Waals surface area contributed by atoms with E-state index in [1.807, 2.05) is 12.1 Å². The summed E-state index contributed by atoms with van der Waals surface area (Å²) in [5, 5.41) is 0. The molecule has 7 heteroatoms. The van der Waals surface area contributed by atoms with Crippen LogP contribution in [-0.4, -0.2) is 13.0 Å². The molecule has 2 aromatic carbocycles. The molecule has 0 saturated heterocycles. The topological polar surface area (TPSA) is 68.2 Å². The van der Waals surface area contributed by atoms with Gasteiger partial charge in [-0.3, -0.25) is 9.52 Å². The van der Waals surface area contributed by atoms with Crippen LogP contribution in [0.5, 0.6) is 0 Å². The molecule has 1 N–H and O–H groups in total. The summed E-state index contributed by atoms with van der Waals surface area (Å²) in [5.74, 6) is 0.519. The predicted octanol–water partition coefficient (Wildman–Crippen LogP) is 3.60. The average Bonchev–Trinajstić information content (AvgIpc) is 2.81. The minimum absolute atomic E-state index is 0.0734. The molecule has 1 heterocycles. The highest BCUT2D eigenvalue weighted by atomic mass is 32.2. The maximum atomic E-state index is 12.6. The van der Waals surface area contributed by atoms with Gasteiger partial charge in [0, 0.05) is 7.05 Å². The van der Waals surface area contributed by atoms with Gasteiger partial charge in [0.1, 0.15) is 0 Å². The maximum Gasteiger partial charge on any atom is 0.307 e. The first kappa shape index (κ1) is 17.7. The SMILES string of the molecule is CC(C)Cc1ccc(S(=O)(=O)Nc2ccc3c(c2)sc(=O)n3C)cc1. The van der Waals surface area contributed by atoms with Crippen LogP contribution >= 0.6 is 11.3 Å². The van der Waals surface area contributed by atoms with Crippen LogP contribution in [0.1, 0.15) is 19.4 Å². The molecule has 0 fully saturated rings. The van der Waals surface area contributed by atoms with Crippen molar-refractivity contribution in [3.63, 3.8) is 0 Å². The molecule has 0 bridgehead atoms. The van der Waals surface area contributed by atoms with E-state index in [0.29, 0.717) is 11.6 Å².